The van der Waals surface area contributed by atoms with Gasteiger partial charge in [0.25, 0.3) is 0 Å². The SMILES string of the molecule is CC(C)(C)OC(=O)N(CC(F)(F)F)c1cc(C2(C(=O)O)NC=CO2)ccn1. The van der Waals surface area contributed by atoms with Gasteiger partial charge in [-0.1, -0.05) is 0 Å². The highest BCUT2D eigenvalue weighted by Crippen LogP contribution is 2.30. The molecule has 148 valence electrons. The Morgan fingerprint density at radius 2 is 2.04 bits per heavy atom. The van der Waals surface area contributed by atoms with E-state index < -0.39 is 41.9 Å². The third-order valence-electron chi connectivity index (χ3n) is 3.28. The Hall–Kier alpha value is -2.98. The van der Waals surface area contributed by atoms with Crippen LogP contribution in [0, 0.1) is 0 Å². The van der Waals surface area contributed by atoms with Crippen molar-refractivity contribution in [1.82, 2.24) is 10.3 Å². The molecule has 2 rings (SSSR count). The Labute approximate surface area is 152 Å². The number of nitrogens with zero attached hydrogens (tertiary/aromatic N) is 2. The predicted octanol–water partition coefficient (Wildman–Crippen LogP) is 2.71. The van der Waals surface area contributed by atoms with E-state index in [4.69, 9.17) is 9.47 Å². The molecule has 27 heavy (non-hydrogen) atoms. The number of carboxylic acid groups (broad SMARTS) is 1. The lowest BCUT2D eigenvalue weighted by Crippen LogP contribution is -2.46. The average Bonchev–Trinajstić information content (AvgIpc) is 3.01. The van der Waals surface area contributed by atoms with Gasteiger partial charge in [0.15, 0.2) is 0 Å². The van der Waals surface area contributed by atoms with Crippen molar-refractivity contribution < 1.29 is 37.3 Å². The third kappa shape index (κ3) is 4.80. The summed E-state index contributed by atoms with van der Waals surface area (Å²) in [6.07, 6.45) is -2.60. The van der Waals surface area contributed by atoms with Crippen LogP contribution in [-0.2, 0) is 20.0 Å². The van der Waals surface area contributed by atoms with Crippen LogP contribution in [0.2, 0.25) is 0 Å². The molecule has 1 aromatic heterocycles. The number of anilines is 1. The number of amides is 1. The van der Waals surface area contributed by atoms with Crippen LogP contribution in [0.15, 0.2) is 30.8 Å². The van der Waals surface area contributed by atoms with E-state index in [0.717, 1.165) is 18.5 Å². The Morgan fingerprint density at radius 1 is 1.37 bits per heavy atom. The molecule has 11 heteroatoms. The van der Waals surface area contributed by atoms with E-state index in [1.165, 1.54) is 33.0 Å². The van der Waals surface area contributed by atoms with E-state index >= 15 is 0 Å². The number of nitrogens with one attached hydrogen (secondary N) is 1. The van der Waals surface area contributed by atoms with Gasteiger partial charge in [0.2, 0.25) is 0 Å². The van der Waals surface area contributed by atoms with Crippen molar-refractivity contribution in [2.75, 3.05) is 11.4 Å². The summed E-state index contributed by atoms with van der Waals surface area (Å²) in [7, 11) is 0. The van der Waals surface area contributed by atoms with Crippen LogP contribution >= 0.6 is 0 Å². The zero-order valence-electron chi connectivity index (χ0n) is 14.7. The first-order chi connectivity index (χ1) is 12.3. The lowest BCUT2D eigenvalue weighted by atomic mass is 10.0. The Bertz CT molecular complexity index is 750. The summed E-state index contributed by atoms with van der Waals surface area (Å²) in [4.78, 5) is 27.9. The lowest BCUT2D eigenvalue weighted by molar-refractivity contribution is -0.160. The molecule has 1 atom stereocenters. The van der Waals surface area contributed by atoms with Gasteiger partial charge in [-0.3, -0.25) is 4.90 Å². The molecule has 0 aromatic carbocycles. The van der Waals surface area contributed by atoms with Crippen LogP contribution in [0.25, 0.3) is 0 Å². The van der Waals surface area contributed by atoms with Crippen molar-refractivity contribution >= 4 is 17.9 Å². The lowest BCUT2D eigenvalue weighted by Gasteiger charge is -2.29. The van der Waals surface area contributed by atoms with Gasteiger partial charge in [-0.05, 0) is 32.9 Å². The number of pyridine rings is 1. The highest BCUT2D eigenvalue weighted by atomic mass is 19.4. The first-order valence-corrected chi connectivity index (χ1v) is 7.72. The number of aliphatic carboxylic acids is 1. The average molecular weight is 389 g/mol. The summed E-state index contributed by atoms with van der Waals surface area (Å²) >= 11 is 0. The Balaban J connectivity index is 2.44. The van der Waals surface area contributed by atoms with Crippen LogP contribution < -0.4 is 10.2 Å². The Morgan fingerprint density at radius 3 is 2.52 bits per heavy atom. The minimum absolute atomic E-state index is 0.0549. The second-order valence-corrected chi connectivity index (χ2v) is 6.64. The van der Waals surface area contributed by atoms with Crippen molar-refractivity contribution in [3.8, 4) is 0 Å². The number of halogens is 3. The highest BCUT2D eigenvalue weighted by Gasteiger charge is 2.45. The van der Waals surface area contributed by atoms with Crippen molar-refractivity contribution in [3.05, 3.63) is 36.4 Å². The van der Waals surface area contributed by atoms with Gasteiger partial charge in [0.1, 0.15) is 24.2 Å². The maximum atomic E-state index is 13.0. The molecule has 0 spiro atoms. The molecule has 1 amide bonds. The largest absolute Gasteiger partial charge is 0.477 e. The number of aromatic nitrogens is 1. The molecule has 0 bridgehead atoms. The second kappa shape index (κ2) is 6.97. The minimum Gasteiger partial charge on any atom is -0.477 e. The monoisotopic (exact) mass is 389 g/mol. The zero-order valence-corrected chi connectivity index (χ0v) is 14.7. The summed E-state index contributed by atoms with van der Waals surface area (Å²) in [6.45, 7) is 2.84. The smallest absolute Gasteiger partial charge is 0.416 e. The molecule has 0 aliphatic carbocycles. The number of carbonyl (C=O) groups is 2. The van der Waals surface area contributed by atoms with Crippen molar-refractivity contribution in [1.29, 1.82) is 0 Å². The van der Waals surface area contributed by atoms with E-state index in [9.17, 15) is 27.9 Å². The van der Waals surface area contributed by atoms with Crippen LogP contribution in [0.1, 0.15) is 26.3 Å². The van der Waals surface area contributed by atoms with E-state index in [2.05, 4.69) is 10.3 Å². The van der Waals surface area contributed by atoms with Gasteiger partial charge in [0.05, 0.1) is 0 Å². The van der Waals surface area contributed by atoms with E-state index in [1.54, 1.807) is 0 Å². The summed E-state index contributed by atoms with van der Waals surface area (Å²) < 4.78 is 49.0. The number of hydrogen-bond donors (Lipinski definition) is 2. The van der Waals surface area contributed by atoms with E-state index in [0.29, 0.717) is 0 Å². The summed E-state index contributed by atoms with van der Waals surface area (Å²) in [5, 5.41) is 11.9. The molecule has 0 saturated heterocycles. The minimum atomic E-state index is -4.73. The molecular weight excluding hydrogens is 371 g/mol. The molecule has 1 aromatic rings. The molecular formula is C16H18F3N3O5. The van der Waals surface area contributed by atoms with Crippen LogP contribution in [0.3, 0.4) is 0 Å². The number of carbonyl (C=O) groups excluding carboxylic acids is 1. The van der Waals surface area contributed by atoms with Gasteiger partial charge in [0, 0.05) is 18.0 Å². The van der Waals surface area contributed by atoms with Crippen LogP contribution in [0.5, 0.6) is 0 Å². The first-order valence-electron chi connectivity index (χ1n) is 7.72. The van der Waals surface area contributed by atoms with Gasteiger partial charge in [-0.25, -0.2) is 14.6 Å². The maximum Gasteiger partial charge on any atom is 0.416 e. The number of hydrogen-bond acceptors (Lipinski definition) is 6. The molecule has 0 fully saturated rings. The fraction of sp³-hybridized carbons (Fsp3) is 0.438. The summed E-state index contributed by atoms with van der Waals surface area (Å²) in [5.41, 5.74) is -3.13. The van der Waals surface area contributed by atoms with Crippen molar-refractivity contribution in [3.63, 3.8) is 0 Å². The number of rotatable bonds is 4. The van der Waals surface area contributed by atoms with Gasteiger partial charge in [-0.2, -0.15) is 13.2 Å². The standard InChI is InChI=1S/C16H18F3N3O5/c1-14(2,3)27-13(25)22(9-15(17,18)19)11-8-10(4-5-20-11)16(12(23)24)21-6-7-26-16/h4-8,21H,9H2,1-3H3,(H,23,24). The topological polar surface area (TPSA) is 101 Å². The Kier molecular flexibility index (Phi) is 5.25. The number of alkyl halides is 3. The van der Waals surface area contributed by atoms with Crippen molar-refractivity contribution in [2.45, 2.75) is 38.3 Å². The molecule has 0 saturated carbocycles. The van der Waals surface area contributed by atoms with Gasteiger partial charge in [-0.15, -0.1) is 0 Å². The molecule has 2 heterocycles. The fourth-order valence-electron chi connectivity index (χ4n) is 2.23. The number of carboxylic acids is 1. The van der Waals surface area contributed by atoms with Crippen LogP contribution in [0.4, 0.5) is 23.8 Å². The van der Waals surface area contributed by atoms with Gasteiger partial charge < -0.3 is 19.9 Å². The van der Waals surface area contributed by atoms with Crippen LogP contribution in [-0.4, -0.2) is 40.5 Å². The maximum absolute atomic E-state index is 13.0. The highest BCUT2D eigenvalue weighted by molar-refractivity contribution is 5.87. The fourth-order valence-corrected chi connectivity index (χ4v) is 2.23. The summed E-state index contributed by atoms with van der Waals surface area (Å²) in [5.74, 6) is -1.86. The normalized spacial score (nSPS) is 19.2. The second-order valence-electron chi connectivity index (χ2n) is 6.64. The zero-order chi connectivity index (χ0) is 20.5. The van der Waals surface area contributed by atoms with Gasteiger partial charge >= 0.3 is 24.0 Å². The van der Waals surface area contributed by atoms with Crippen molar-refractivity contribution in [2.24, 2.45) is 0 Å². The van der Waals surface area contributed by atoms with E-state index in [1.807, 2.05) is 0 Å². The molecule has 1 aliphatic rings. The quantitative estimate of drug-likeness (QED) is 0.817. The first kappa shape index (κ1) is 20.3. The number of ether oxygens (including phenoxy) is 2. The third-order valence-corrected chi connectivity index (χ3v) is 3.28. The predicted molar refractivity (Wildman–Crippen MR) is 86.5 cm³/mol. The summed E-state index contributed by atoms with van der Waals surface area (Å²) in [6, 6.07) is 2.27. The molecule has 8 nitrogen and oxygen atoms in total. The molecule has 0 radical (unpaired) electrons. The molecule has 1 aliphatic heterocycles. The van der Waals surface area contributed by atoms with E-state index in [-0.39, 0.29) is 10.5 Å². The molecule has 2 N–H and O–H groups in total. The molecule has 1 unspecified atom stereocenters.